The molecule has 1 saturated heterocycles. The second-order valence-corrected chi connectivity index (χ2v) is 9.55. The number of piperazine rings is 1. The quantitative estimate of drug-likeness (QED) is 0.384. The highest BCUT2D eigenvalue weighted by atomic mass is 19.4. The van der Waals surface area contributed by atoms with Gasteiger partial charge in [0.25, 0.3) is 0 Å². The zero-order valence-corrected chi connectivity index (χ0v) is 19.7. The number of halogens is 6. The first-order valence-electron chi connectivity index (χ1n) is 11.2. The van der Waals surface area contributed by atoms with E-state index in [1.54, 1.807) is 20.8 Å². The van der Waals surface area contributed by atoms with E-state index < -0.39 is 41.1 Å². The fourth-order valence-electron chi connectivity index (χ4n) is 4.12. The molecule has 1 aliphatic rings. The van der Waals surface area contributed by atoms with E-state index in [4.69, 9.17) is 4.74 Å². The number of rotatable bonds is 5. The number of ether oxygens (including phenoxy) is 1. The molecule has 0 bridgehead atoms. The minimum Gasteiger partial charge on any atom is -0.459 e. The van der Waals surface area contributed by atoms with Crippen molar-refractivity contribution in [1.82, 2.24) is 9.80 Å². The third-order valence-electron chi connectivity index (χ3n) is 5.60. The zero-order valence-electron chi connectivity index (χ0n) is 19.7. The average molecular weight is 502 g/mol. The fourth-order valence-corrected chi connectivity index (χ4v) is 4.12. The van der Waals surface area contributed by atoms with Gasteiger partial charge >= 0.3 is 18.3 Å². The Morgan fingerprint density at radius 2 is 1.29 bits per heavy atom. The van der Waals surface area contributed by atoms with Crippen molar-refractivity contribution in [2.75, 3.05) is 32.7 Å². The molecule has 3 rings (SSSR count). The fraction of sp³-hybridized carbons (Fsp3) is 0.480. The Bertz CT molecular complexity index is 964. The number of hydrogen-bond donors (Lipinski definition) is 0. The Morgan fingerprint density at radius 3 is 1.69 bits per heavy atom. The average Bonchev–Trinajstić information content (AvgIpc) is 2.73. The second kappa shape index (κ2) is 10.2. The topological polar surface area (TPSA) is 32.8 Å². The number of carbonyl (C=O) groups is 1. The molecule has 1 fully saturated rings. The van der Waals surface area contributed by atoms with Crippen molar-refractivity contribution in [2.24, 2.45) is 0 Å². The van der Waals surface area contributed by atoms with E-state index >= 15 is 0 Å². The highest BCUT2D eigenvalue weighted by Crippen LogP contribution is 2.37. The van der Waals surface area contributed by atoms with Crippen LogP contribution in [0, 0.1) is 0 Å². The molecule has 0 N–H and O–H groups in total. The predicted molar refractivity (Wildman–Crippen MR) is 119 cm³/mol. The summed E-state index contributed by atoms with van der Waals surface area (Å²) in [5.41, 5.74) is -1.86. The minimum atomic E-state index is -4.58. The molecule has 1 aliphatic heterocycles. The summed E-state index contributed by atoms with van der Waals surface area (Å²) >= 11 is 0. The molecule has 0 spiro atoms. The first-order chi connectivity index (χ1) is 16.1. The summed E-state index contributed by atoms with van der Waals surface area (Å²) < 4.78 is 85.6. The predicted octanol–water partition coefficient (Wildman–Crippen LogP) is 5.77. The van der Waals surface area contributed by atoms with Crippen LogP contribution < -0.4 is 0 Å². The minimum absolute atomic E-state index is 0.0584. The Morgan fingerprint density at radius 1 is 0.829 bits per heavy atom. The summed E-state index contributed by atoms with van der Waals surface area (Å²) in [6.07, 6.45) is -9.17. The van der Waals surface area contributed by atoms with Crippen LogP contribution in [-0.2, 0) is 21.9 Å². The van der Waals surface area contributed by atoms with Crippen molar-refractivity contribution in [3.05, 3.63) is 70.8 Å². The van der Waals surface area contributed by atoms with Crippen LogP contribution in [0.25, 0.3) is 0 Å². The highest BCUT2D eigenvalue weighted by molar-refractivity contribution is 5.72. The largest absolute Gasteiger partial charge is 0.459 e. The van der Waals surface area contributed by atoms with Crippen LogP contribution in [0.1, 0.15) is 49.1 Å². The number of hydrogen-bond acceptors (Lipinski definition) is 4. The van der Waals surface area contributed by atoms with Crippen molar-refractivity contribution in [2.45, 2.75) is 44.8 Å². The van der Waals surface area contributed by atoms with Gasteiger partial charge in [0.05, 0.1) is 23.7 Å². The summed E-state index contributed by atoms with van der Waals surface area (Å²) in [7, 11) is 0. The molecule has 0 unspecified atom stereocenters. The van der Waals surface area contributed by atoms with Gasteiger partial charge in [-0.25, -0.2) is 0 Å². The number of esters is 1. The van der Waals surface area contributed by atoms with Crippen LogP contribution in [0.2, 0.25) is 0 Å². The zero-order chi connectivity index (χ0) is 26.0. The Hall–Kier alpha value is -2.59. The van der Waals surface area contributed by atoms with E-state index in [9.17, 15) is 31.1 Å². The summed E-state index contributed by atoms with van der Waals surface area (Å²) in [4.78, 5) is 15.9. The van der Waals surface area contributed by atoms with E-state index in [-0.39, 0.29) is 17.7 Å². The molecule has 0 atom stereocenters. The maximum absolute atomic E-state index is 13.4. The van der Waals surface area contributed by atoms with Gasteiger partial charge in [0.15, 0.2) is 0 Å². The summed E-state index contributed by atoms with van der Waals surface area (Å²) in [5.74, 6) is -0.391. The van der Waals surface area contributed by atoms with Crippen LogP contribution in [0.3, 0.4) is 0 Å². The van der Waals surface area contributed by atoms with E-state index in [1.165, 1.54) is 24.3 Å². The Balaban J connectivity index is 1.88. The molecule has 4 nitrogen and oxygen atoms in total. The third kappa shape index (κ3) is 7.44. The van der Waals surface area contributed by atoms with Crippen molar-refractivity contribution < 1.29 is 35.9 Å². The van der Waals surface area contributed by atoms with Crippen LogP contribution in [0.5, 0.6) is 0 Å². The van der Waals surface area contributed by atoms with Crippen molar-refractivity contribution in [3.63, 3.8) is 0 Å². The van der Waals surface area contributed by atoms with Gasteiger partial charge < -0.3 is 4.74 Å². The van der Waals surface area contributed by atoms with Crippen molar-refractivity contribution >= 4 is 5.97 Å². The molecule has 2 aromatic rings. The molecule has 0 aromatic heterocycles. The van der Waals surface area contributed by atoms with E-state index in [0.29, 0.717) is 26.2 Å². The highest BCUT2D eigenvalue weighted by Gasteiger charge is 2.35. The van der Waals surface area contributed by atoms with Gasteiger partial charge in [0.1, 0.15) is 5.60 Å². The molecule has 0 aliphatic carbocycles. The van der Waals surface area contributed by atoms with Crippen LogP contribution in [0.4, 0.5) is 26.3 Å². The molecule has 35 heavy (non-hydrogen) atoms. The van der Waals surface area contributed by atoms with E-state index in [2.05, 4.69) is 0 Å². The summed E-state index contributed by atoms with van der Waals surface area (Å²) in [6, 6.07) is 8.53. The lowest BCUT2D eigenvalue weighted by Crippen LogP contribution is -2.49. The molecule has 10 heteroatoms. The van der Waals surface area contributed by atoms with Gasteiger partial charge in [-0.3, -0.25) is 14.6 Å². The Labute approximate surface area is 200 Å². The second-order valence-electron chi connectivity index (χ2n) is 9.55. The molecule has 0 saturated carbocycles. The summed E-state index contributed by atoms with van der Waals surface area (Å²) in [5, 5.41) is 0. The third-order valence-corrected chi connectivity index (χ3v) is 5.60. The standard InChI is InChI=1S/C25H28F6N2O2/c1-23(2,3)35-21(34)16-32-10-12-33(13-11-32)22(17-6-4-8-19(14-17)24(26,27)28)18-7-5-9-20(15-18)25(29,30)31/h4-9,14-15,22H,10-13,16H2,1-3H3. The van der Waals surface area contributed by atoms with Gasteiger partial charge in [-0.1, -0.05) is 24.3 Å². The lowest BCUT2D eigenvalue weighted by atomic mass is 9.93. The molecule has 0 radical (unpaired) electrons. The SMILES string of the molecule is CC(C)(C)OC(=O)CN1CCN(C(c2cccc(C(F)(F)F)c2)c2cccc(C(F)(F)F)c2)CC1. The van der Waals surface area contributed by atoms with E-state index in [0.717, 1.165) is 24.3 Å². The maximum atomic E-state index is 13.4. The smallest absolute Gasteiger partial charge is 0.416 e. The number of benzene rings is 2. The van der Waals surface area contributed by atoms with Crippen molar-refractivity contribution in [1.29, 1.82) is 0 Å². The van der Waals surface area contributed by atoms with Crippen LogP contribution in [0.15, 0.2) is 48.5 Å². The first-order valence-corrected chi connectivity index (χ1v) is 11.2. The summed E-state index contributed by atoms with van der Waals surface area (Å²) in [6.45, 7) is 6.86. The van der Waals surface area contributed by atoms with Gasteiger partial charge in [-0.2, -0.15) is 26.3 Å². The molecular formula is C25H28F6N2O2. The first kappa shape index (κ1) is 27.0. The molecular weight excluding hydrogens is 474 g/mol. The number of nitrogens with zero attached hydrogens (tertiary/aromatic N) is 2. The lowest BCUT2D eigenvalue weighted by Gasteiger charge is -2.40. The molecule has 2 aromatic carbocycles. The molecule has 1 heterocycles. The van der Waals surface area contributed by atoms with Gasteiger partial charge in [0.2, 0.25) is 0 Å². The normalized spacial score (nSPS) is 16.5. The van der Waals surface area contributed by atoms with Gasteiger partial charge in [-0.15, -0.1) is 0 Å². The Kier molecular flexibility index (Phi) is 7.86. The van der Waals surface area contributed by atoms with E-state index in [1.807, 2.05) is 9.80 Å². The molecule has 0 amide bonds. The monoisotopic (exact) mass is 502 g/mol. The molecule has 192 valence electrons. The lowest BCUT2D eigenvalue weighted by molar-refractivity contribution is -0.156. The van der Waals surface area contributed by atoms with Gasteiger partial charge in [0, 0.05) is 26.2 Å². The van der Waals surface area contributed by atoms with Crippen LogP contribution >= 0.6 is 0 Å². The number of alkyl halides is 6. The van der Waals surface area contributed by atoms with Crippen molar-refractivity contribution in [3.8, 4) is 0 Å². The van der Waals surface area contributed by atoms with Crippen LogP contribution in [-0.4, -0.2) is 54.1 Å². The maximum Gasteiger partial charge on any atom is 0.416 e. The van der Waals surface area contributed by atoms with Gasteiger partial charge in [-0.05, 0) is 56.2 Å². The number of carbonyl (C=O) groups excluding carboxylic acids is 1.